The molecular formula is C16H22BrN3. The van der Waals surface area contributed by atoms with Crippen molar-refractivity contribution in [1.82, 2.24) is 0 Å². The van der Waals surface area contributed by atoms with Gasteiger partial charge in [-0.05, 0) is 49.3 Å². The van der Waals surface area contributed by atoms with Gasteiger partial charge in [0.25, 0.3) is 0 Å². The largest absolute Gasteiger partial charge is 0.369 e. The maximum Gasteiger partial charge on any atom is 0.196 e. The molecule has 3 nitrogen and oxygen atoms in total. The topological polar surface area (TPSA) is 41.6 Å². The van der Waals surface area contributed by atoms with E-state index in [2.05, 4.69) is 57.9 Å². The van der Waals surface area contributed by atoms with Crippen LogP contribution in [-0.4, -0.2) is 18.0 Å². The molecule has 1 aromatic rings. The third kappa shape index (κ3) is 2.24. The van der Waals surface area contributed by atoms with Crippen LogP contribution < -0.4 is 10.6 Å². The molecule has 1 spiro atoms. The van der Waals surface area contributed by atoms with Gasteiger partial charge in [-0.2, -0.15) is 0 Å². The van der Waals surface area contributed by atoms with Gasteiger partial charge in [0.1, 0.15) is 0 Å². The number of hydrogen-bond acceptors (Lipinski definition) is 3. The first-order chi connectivity index (χ1) is 9.52. The third-order valence-electron chi connectivity index (χ3n) is 5.04. The Morgan fingerprint density at radius 1 is 1.35 bits per heavy atom. The summed E-state index contributed by atoms with van der Waals surface area (Å²) in [5.74, 6) is 2.19. The second kappa shape index (κ2) is 5.06. The van der Waals surface area contributed by atoms with E-state index in [1.165, 1.54) is 19.3 Å². The van der Waals surface area contributed by atoms with Crippen LogP contribution in [0.3, 0.4) is 0 Å². The van der Waals surface area contributed by atoms with Crippen LogP contribution >= 0.6 is 15.9 Å². The first kappa shape index (κ1) is 13.9. The van der Waals surface area contributed by atoms with Gasteiger partial charge in [-0.15, -0.1) is 0 Å². The summed E-state index contributed by atoms with van der Waals surface area (Å²) in [6.45, 7) is 5.56. The van der Waals surface area contributed by atoms with Gasteiger partial charge >= 0.3 is 0 Å². The molecule has 3 rings (SSSR count). The second-order valence-corrected chi connectivity index (χ2v) is 7.33. The van der Waals surface area contributed by atoms with Crippen molar-refractivity contribution in [3.63, 3.8) is 0 Å². The van der Waals surface area contributed by atoms with Crippen LogP contribution in [-0.2, 0) is 0 Å². The summed E-state index contributed by atoms with van der Waals surface area (Å²) in [6.07, 6.45) is 3.61. The Kier molecular flexibility index (Phi) is 3.53. The standard InChI is InChI=1S/C16H22BrN3/c1-11-6-7-16(9-12(11)2)10-19-15(18)20(16)14-5-3-4-13(17)8-14/h3-5,8,11-12H,6-7,9-10H2,1-2H3,(H2,18,19). The lowest BCUT2D eigenvalue weighted by Gasteiger charge is -2.46. The number of nitrogens with two attached hydrogens (primary N) is 1. The molecule has 1 aromatic carbocycles. The van der Waals surface area contributed by atoms with Gasteiger partial charge in [0.05, 0.1) is 12.1 Å². The van der Waals surface area contributed by atoms with Crippen molar-refractivity contribution in [2.45, 2.75) is 38.6 Å². The average molecular weight is 336 g/mol. The number of nitrogens with zero attached hydrogens (tertiary/aromatic N) is 2. The molecule has 1 saturated carbocycles. The normalized spacial score (nSPS) is 33.5. The van der Waals surface area contributed by atoms with Gasteiger partial charge in [-0.25, -0.2) is 0 Å². The van der Waals surface area contributed by atoms with E-state index in [9.17, 15) is 0 Å². The summed E-state index contributed by atoms with van der Waals surface area (Å²) in [4.78, 5) is 6.84. The lowest BCUT2D eigenvalue weighted by molar-refractivity contribution is 0.189. The second-order valence-electron chi connectivity index (χ2n) is 6.41. The SMILES string of the molecule is CC1CCC2(CN=C(N)N2c2cccc(Br)c2)CC1C. The molecule has 3 atom stereocenters. The molecule has 1 aliphatic carbocycles. The summed E-state index contributed by atoms with van der Waals surface area (Å²) in [5, 5.41) is 0. The van der Waals surface area contributed by atoms with Crippen LogP contribution in [0.5, 0.6) is 0 Å². The Morgan fingerprint density at radius 2 is 2.15 bits per heavy atom. The Bertz CT molecular complexity index is 542. The summed E-state index contributed by atoms with van der Waals surface area (Å²) in [7, 11) is 0. The predicted molar refractivity (Wildman–Crippen MR) is 88.0 cm³/mol. The maximum atomic E-state index is 6.21. The minimum atomic E-state index is 0.0941. The zero-order valence-electron chi connectivity index (χ0n) is 12.1. The number of guanidine groups is 1. The van der Waals surface area contributed by atoms with Crippen LogP contribution in [0, 0.1) is 11.8 Å². The summed E-state index contributed by atoms with van der Waals surface area (Å²) < 4.78 is 1.09. The molecule has 1 fully saturated rings. The molecular weight excluding hydrogens is 314 g/mol. The summed E-state index contributed by atoms with van der Waals surface area (Å²) >= 11 is 3.56. The molecule has 0 amide bonds. The van der Waals surface area contributed by atoms with Crippen molar-refractivity contribution < 1.29 is 0 Å². The molecule has 0 radical (unpaired) electrons. The molecule has 3 unspecified atom stereocenters. The van der Waals surface area contributed by atoms with Crippen molar-refractivity contribution in [2.24, 2.45) is 22.6 Å². The van der Waals surface area contributed by atoms with E-state index in [4.69, 9.17) is 5.73 Å². The zero-order valence-corrected chi connectivity index (χ0v) is 13.7. The summed E-state index contributed by atoms with van der Waals surface area (Å²) in [5.41, 5.74) is 7.45. The quantitative estimate of drug-likeness (QED) is 0.848. The molecule has 4 heteroatoms. The van der Waals surface area contributed by atoms with E-state index in [1.54, 1.807) is 0 Å². The Balaban J connectivity index is 1.96. The average Bonchev–Trinajstić information content (AvgIpc) is 2.72. The number of benzene rings is 1. The van der Waals surface area contributed by atoms with E-state index in [0.29, 0.717) is 5.96 Å². The van der Waals surface area contributed by atoms with E-state index in [-0.39, 0.29) is 5.54 Å². The molecule has 0 bridgehead atoms. The van der Waals surface area contributed by atoms with E-state index >= 15 is 0 Å². The van der Waals surface area contributed by atoms with Gasteiger partial charge in [0, 0.05) is 10.2 Å². The highest BCUT2D eigenvalue weighted by Crippen LogP contribution is 2.44. The van der Waals surface area contributed by atoms with Crippen molar-refractivity contribution in [1.29, 1.82) is 0 Å². The van der Waals surface area contributed by atoms with Gasteiger partial charge < -0.3 is 10.6 Å². The first-order valence-electron chi connectivity index (χ1n) is 7.37. The molecule has 108 valence electrons. The molecule has 0 aromatic heterocycles. The lowest BCUT2D eigenvalue weighted by atomic mass is 9.70. The molecule has 1 aliphatic heterocycles. The van der Waals surface area contributed by atoms with Crippen LogP contribution in [0.1, 0.15) is 33.1 Å². The molecule has 0 saturated heterocycles. The highest BCUT2D eigenvalue weighted by molar-refractivity contribution is 9.10. The van der Waals surface area contributed by atoms with E-state index < -0.39 is 0 Å². The lowest BCUT2D eigenvalue weighted by Crippen LogP contribution is -2.55. The molecule has 1 heterocycles. The van der Waals surface area contributed by atoms with Crippen molar-refractivity contribution >= 4 is 27.6 Å². The Morgan fingerprint density at radius 3 is 2.85 bits per heavy atom. The fourth-order valence-electron chi connectivity index (χ4n) is 3.66. The minimum Gasteiger partial charge on any atom is -0.369 e. The van der Waals surface area contributed by atoms with Crippen LogP contribution in [0.2, 0.25) is 0 Å². The van der Waals surface area contributed by atoms with Crippen LogP contribution in [0.15, 0.2) is 33.7 Å². The van der Waals surface area contributed by atoms with Gasteiger partial charge in [0.2, 0.25) is 0 Å². The van der Waals surface area contributed by atoms with E-state index in [0.717, 1.165) is 28.5 Å². The van der Waals surface area contributed by atoms with Gasteiger partial charge in [-0.1, -0.05) is 35.8 Å². The monoisotopic (exact) mass is 335 g/mol. The third-order valence-corrected chi connectivity index (χ3v) is 5.54. The van der Waals surface area contributed by atoms with E-state index in [1.807, 2.05) is 6.07 Å². The zero-order chi connectivity index (χ0) is 14.3. The van der Waals surface area contributed by atoms with Gasteiger partial charge in [0.15, 0.2) is 5.96 Å². The number of rotatable bonds is 1. The Labute approximate surface area is 129 Å². The Hall–Kier alpha value is -1.03. The number of halogens is 1. The minimum absolute atomic E-state index is 0.0941. The fraction of sp³-hybridized carbons (Fsp3) is 0.562. The van der Waals surface area contributed by atoms with Crippen LogP contribution in [0.25, 0.3) is 0 Å². The van der Waals surface area contributed by atoms with Crippen LogP contribution in [0.4, 0.5) is 5.69 Å². The van der Waals surface area contributed by atoms with Gasteiger partial charge in [-0.3, -0.25) is 4.99 Å². The number of aliphatic imine (C=N–C) groups is 1. The summed E-state index contributed by atoms with van der Waals surface area (Å²) in [6, 6.07) is 8.37. The molecule has 2 aliphatic rings. The highest BCUT2D eigenvalue weighted by atomic mass is 79.9. The van der Waals surface area contributed by atoms with Crippen molar-refractivity contribution in [3.8, 4) is 0 Å². The number of hydrogen-bond donors (Lipinski definition) is 1. The van der Waals surface area contributed by atoms with Crippen molar-refractivity contribution in [2.75, 3.05) is 11.4 Å². The predicted octanol–water partition coefficient (Wildman–Crippen LogP) is 3.78. The maximum absolute atomic E-state index is 6.21. The number of anilines is 1. The molecule has 20 heavy (non-hydrogen) atoms. The highest BCUT2D eigenvalue weighted by Gasteiger charge is 2.46. The van der Waals surface area contributed by atoms with Crippen molar-refractivity contribution in [3.05, 3.63) is 28.7 Å². The molecule has 2 N–H and O–H groups in total. The smallest absolute Gasteiger partial charge is 0.196 e. The fourth-order valence-corrected chi connectivity index (χ4v) is 4.05. The first-order valence-corrected chi connectivity index (χ1v) is 8.17.